The maximum Gasteiger partial charge on any atom is 0.288 e. The zero-order valence-electron chi connectivity index (χ0n) is 9.95. The normalized spacial score (nSPS) is 18.6. The number of nitrogens with zero attached hydrogens (tertiary/aromatic N) is 3. The molecule has 1 N–H and O–H groups in total. The van der Waals surface area contributed by atoms with E-state index in [1.54, 1.807) is 0 Å². The standard InChI is InChI=1S/C11H12ClN3O4/c12-10-9(4-8(5-13-10)15(18)19)11(17)14-3-1-2-7(14)6-16/h4-5,7,16H,1-3,6H2. The molecule has 102 valence electrons. The fraction of sp³-hybridized carbons (Fsp3) is 0.455. The molecule has 8 heteroatoms. The molecule has 2 heterocycles. The lowest BCUT2D eigenvalue weighted by Gasteiger charge is -2.23. The van der Waals surface area contributed by atoms with Crippen LogP contribution in [0, 0.1) is 10.1 Å². The minimum atomic E-state index is -0.631. The lowest BCUT2D eigenvalue weighted by atomic mass is 10.2. The fourth-order valence-electron chi connectivity index (χ4n) is 2.13. The van der Waals surface area contributed by atoms with Crippen molar-refractivity contribution in [3.05, 3.63) is 33.1 Å². The van der Waals surface area contributed by atoms with Crippen molar-refractivity contribution in [3.8, 4) is 0 Å². The van der Waals surface area contributed by atoms with Gasteiger partial charge in [-0.05, 0) is 12.8 Å². The Morgan fingerprint density at radius 3 is 3.05 bits per heavy atom. The van der Waals surface area contributed by atoms with E-state index in [2.05, 4.69) is 4.98 Å². The average Bonchev–Trinajstić information content (AvgIpc) is 2.86. The number of carbonyl (C=O) groups is 1. The molecule has 1 amide bonds. The van der Waals surface area contributed by atoms with Crippen LogP contribution in [0.15, 0.2) is 12.3 Å². The van der Waals surface area contributed by atoms with Gasteiger partial charge in [-0.2, -0.15) is 0 Å². The monoisotopic (exact) mass is 285 g/mol. The first-order chi connectivity index (χ1) is 9.04. The van der Waals surface area contributed by atoms with Crippen molar-refractivity contribution in [2.75, 3.05) is 13.2 Å². The first-order valence-corrected chi connectivity index (χ1v) is 6.14. The molecule has 19 heavy (non-hydrogen) atoms. The van der Waals surface area contributed by atoms with Crippen LogP contribution in [0.4, 0.5) is 5.69 Å². The number of halogens is 1. The van der Waals surface area contributed by atoms with Crippen LogP contribution in [0.25, 0.3) is 0 Å². The molecule has 1 aliphatic rings. The Hall–Kier alpha value is -1.73. The second kappa shape index (κ2) is 5.50. The summed E-state index contributed by atoms with van der Waals surface area (Å²) in [5, 5.41) is 19.8. The van der Waals surface area contributed by atoms with Crippen molar-refractivity contribution in [2.24, 2.45) is 0 Å². The molecule has 0 spiro atoms. The van der Waals surface area contributed by atoms with Crippen molar-refractivity contribution >= 4 is 23.2 Å². The average molecular weight is 286 g/mol. The third-order valence-electron chi connectivity index (χ3n) is 3.11. The number of likely N-dealkylation sites (tertiary alicyclic amines) is 1. The van der Waals surface area contributed by atoms with Gasteiger partial charge in [0.05, 0.1) is 23.1 Å². The van der Waals surface area contributed by atoms with Gasteiger partial charge in [-0.15, -0.1) is 0 Å². The number of pyridine rings is 1. The highest BCUT2D eigenvalue weighted by Crippen LogP contribution is 2.25. The summed E-state index contributed by atoms with van der Waals surface area (Å²) in [7, 11) is 0. The summed E-state index contributed by atoms with van der Waals surface area (Å²) in [6, 6.07) is 0.854. The molecule has 1 unspecified atom stereocenters. The van der Waals surface area contributed by atoms with Crippen LogP contribution in [0.5, 0.6) is 0 Å². The number of rotatable bonds is 3. The predicted molar refractivity (Wildman–Crippen MR) is 67.0 cm³/mol. The van der Waals surface area contributed by atoms with Crippen molar-refractivity contribution in [3.63, 3.8) is 0 Å². The summed E-state index contributed by atoms with van der Waals surface area (Å²) in [4.78, 5) is 27.5. The number of aliphatic hydroxyl groups excluding tert-OH is 1. The molecule has 1 aliphatic heterocycles. The van der Waals surface area contributed by atoms with Crippen LogP contribution in [-0.4, -0.2) is 45.0 Å². The maximum atomic E-state index is 12.3. The molecule has 0 saturated carbocycles. The first-order valence-electron chi connectivity index (χ1n) is 5.76. The minimum Gasteiger partial charge on any atom is -0.394 e. The third-order valence-corrected chi connectivity index (χ3v) is 3.42. The Labute approximate surface area is 114 Å². The van der Waals surface area contributed by atoms with Crippen LogP contribution in [0.1, 0.15) is 23.2 Å². The smallest absolute Gasteiger partial charge is 0.288 e. The van der Waals surface area contributed by atoms with Gasteiger partial charge in [-0.1, -0.05) is 11.6 Å². The molecule has 0 aromatic carbocycles. The van der Waals surface area contributed by atoms with Crippen LogP contribution in [0.2, 0.25) is 5.15 Å². The summed E-state index contributed by atoms with van der Waals surface area (Å²) >= 11 is 5.82. The molecule has 7 nitrogen and oxygen atoms in total. The number of amides is 1. The van der Waals surface area contributed by atoms with Crippen molar-refractivity contribution in [1.29, 1.82) is 0 Å². The Bertz CT molecular complexity index is 523. The number of nitro groups is 1. The number of aliphatic hydroxyl groups is 1. The van der Waals surface area contributed by atoms with E-state index in [0.29, 0.717) is 13.0 Å². The summed E-state index contributed by atoms with van der Waals surface area (Å²) in [5.41, 5.74) is -0.288. The highest BCUT2D eigenvalue weighted by atomic mass is 35.5. The summed E-state index contributed by atoms with van der Waals surface area (Å²) in [6.07, 6.45) is 2.51. The SMILES string of the molecule is O=C(c1cc([N+](=O)[O-])cnc1Cl)N1CCCC1CO. The molecule has 0 bridgehead atoms. The van der Waals surface area contributed by atoms with E-state index >= 15 is 0 Å². The van der Waals surface area contributed by atoms with Crippen LogP contribution >= 0.6 is 11.6 Å². The third kappa shape index (κ3) is 2.66. The quantitative estimate of drug-likeness (QED) is 0.512. The van der Waals surface area contributed by atoms with Gasteiger partial charge in [0.2, 0.25) is 0 Å². The molecule has 0 radical (unpaired) electrons. The van der Waals surface area contributed by atoms with Gasteiger partial charge in [0.1, 0.15) is 11.3 Å². The van der Waals surface area contributed by atoms with Gasteiger partial charge < -0.3 is 10.0 Å². The molecule has 0 aliphatic carbocycles. The van der Waals surface area contributed by atoms with E-state index in [1.807, 2.05) is 0 Å². The van der Waals surface area contributed by atoms with E-state index in [0.717, 1.165) is 18.7 Å². The summed E-state index contributed by atoms with van der Waals surface area (Å²) < 4.78 is 0. The van der Waals surface area contributed by atoms with Gasteiger partial charge in [0.25, 0.3) is 11.6 Å². The van der Waals surface area contributed by atoms with E-state index < -0.39 is 10.8 Å². The second-order valence-corrected chi connectivity index (χ2v) is 4.62. The Kier molecular flexibility index (Phi) is 3.96. The summed E-state index contributed by atoms with van der Waals surface area (Å²) in [6.45, 7) is 0.370. The Morgan fingerprint density at radius 1 is 1.68 bits per heavy atom. The van der Waals surface area contributed by atoms with Crippen molar-refractivity contribution < 1.29 is 14.8 Å². The topological polar surface area (TPSA) is 96.6 Å². The summed E-state index contributed by atoms with van der Waals surface area (Å²) in [5.74, 6) is -0.433. The lowest BCUT2D eigenvalue weighted by molar-refractivity contribution is -0.385. The largest absolute Gasteiger partial charge is 0.394 e. The minimum absolute atomic E-state index is 0.00350. The molecule has 1 aromatic heterocycles. The van der Waals surface area contributed by atoms with Crippen molar-refractivity contribution in [2.45, 2.75) is 18.9 Å². The van der Waals surface area contributed by atoms with Gasteiger partial charge >= 0.3 is 0 Å². The molecule has 1 fully saturated rings. The number of hydrogen-bond acceptors (Lipinski definition) is 5. The number of carbonyl (C=O) groups excluding carboxylic acids is 1. The Balaban J connectivity index is 2.32. The highest BCUT2D eigenvalue weighted by molar-refractivity contribution is 6.32. The van der Waals surface area contributed by atoms with E-state index in [-0.39, 0.29) is 29.1 Å². The van der Waals surface area contributed by atoms with Gasteiger partial charge in [0, 0.05) is 12.6 Å². The van der Waals surface area contributed by atoms with Gasteiger partial charge in [0.15, 0.2) is 0 Å². The molecular formula is C11H12ClN3O4. The van der Waals surface area contributed by atoms with E-state index in [9.17, 15) is 20.0 Å². The Morgan fingerprint density at radius 2 is 2.42 bits per heavy atom. The zero-order chi connectivity index (χ0) is 14.0. The van der Waals surface area contributed by atoms with Crippen LogP contribution < -0.4 is 0 Å². The van der Waals surface area contributed by atoms with Gasteiger partial charge in [-0.25, -0.2) is 4.98 Å². The molecule has 1 aromatic rings. The highest BCUT2D eigenvalue weighted by Gasteiger charge is 2.31. The second-order valence-electron chi connectivity index (χ2n) is 4.27. The van der Waals surface area contributed by atoms with Crippen LogP contribution in [0.3, 0.4) is 0 Å². The first kappa shape index (κ1) is 13.7. The lowest BCUT2D eigenvalue weighted by Crippen LogP contribution is -2.37. The fourth-order valence-corrected chi connectivity index (χ4v) is 2.32. The predicted octanol–water partition coefficient (Wildman–Crippen LogP) is 1.24. The maximum absolute atomic E-state index is 12.3. The van der Waals surface area contributed by atoms with Gasteiger partial charge in [-0.3, -0.25) is 14.9 Å². The molecular weight excluding hydrogens is 274 g/mol. The van der Waals surface area contributed by atoms with E-state index in [1.165, 1.54) is 4.90 Å². The van der Waals surface area contributed by atoms with Crippen molar-refractivity contribution in [1.82, 2.24) is 9.88 Å². The number of aromatic nitrogens is 1. The molecule has 1 saturated heterocycles. The molecule has 2 rings (SSSR count). The molecule has 1 atom stereocenters. The zero-order valence-corrected chi connectivity index (χ0v) is 10.7. The number of hydrogen-bond donors (Lipinski definition) is 1. The van der Waals surface area contributed by atoms with E-state index in [4.69, 9.17) is 11.6 Å². The van der Waals surface area contributed by atoms with Crippen LogP contribution in [-0.2, 0) is 0 Å².